The molecule has 158 valence electrons. The summed E-state index contributed by atoms with van der Waals surface area (Å²) in [4.78, 5) is 37.5. The molecule has 0 N–H and O–H groups in total. The Kier molecular flexibility index (Phi) is 6.31. The number of imide groups is 1. The minimum atomic E-state index is -0.433. The number of halogens is 1. The number of fused-ring (bicyclic) bond motifs is 2. The van der Waals surface area contributed by atoms with Crippen LogP contribution >= 0.6 is 15.9 Å². The van der Waals surface area contributed by atoms with E-state index >= 15 is 0 Å². The lowest BCUT2D eigenvalue weighted by Gasteiger charge is -2.31. The van der Waals surface area contributed by atoms with Crippen molar-refractivity contribution in [2.75, 3.05) is 13.6 Å². The van der Waals surface area contributed by atoms with Gasteiger partial charge in [-0.25, -0.2) is 4.79 Å². The van der Waals surface area contributed by atoms with Crippen molar-refractivity contribution in [3.05, 3.63) is 69.2 Å². The summed E-state index contributed by atoms with van der Waals surface area (Å²) < 4.78 is 6.48. The Bertz CT molecular complexity index is 962. The summed E-state index contributed by atoms with van der Waals surface area (Å²) in [5.41, 5.74) is 3.09. The zero-order valence-corrected chi connectivity index (χ0v) is 19.2. The number of carbonyl (C=O) groups excluding carboxylic acids is 3. The number of hydrogen-bond acceptors (Lipinski definition) is 4. The highest BCUT2D eigenvalue weighted by molar-refractivity contribution is 9.10. The highest BCUT2D eigenvalue weighted by Crippen LogP contribution is 2.24. The lowest BCUT2D eigenvalue weighted by atomic mass is 10.0. The fourth-order valence-corrected chi connectivity index (χ4v) is 3.72. The van der Waals surface area contributed by atoms with Gasteiger partial charge in [-0.3, -0.25) is 14.5 Å². The van der Waals surface area contributed by atoms with Gasteiger partial charge in [-0.05, 0) is 62.6 Å². The topological polar surface area (TPSA) is 66.9 Å². The van der Waals surface area contributed by atoms with Crippen LogP contribution in [0.25, 0.3) is 0 Å². The van der Waals surface area contributed by atoms with Gasteiger partial charge in [0.2, 0.25) is 0 Å². The number of ether oxygens (including phenoxy) is 1. The molecule has 0 bridgehead atoms. The van der Waals surface area contributed by atoms with E-state index < -0.39 is 5.60 Å². The molecule has 6 nitrogen and oxygen atoms in total. The van der Waals surface area contributed by atoms with Gasteiger partial charge in [0, 0.05) is 24.6 Å². The molecule has 2 aliphatic rings. The predicted octanol–water partition coefficient (Wildman–Crippen LogP) is 4.65. The average molecular weight is 473 g/mol. The van der Waals surface area contributed by atoms with Crippen LogP contribution in [0.15, 0.2) is 46.9 Å². The first-order valence-corrected chi connectivity index (χ1v) is 10.5. The third-order valence-electron chi connectivity index (χ3n) is 4.83. The summed E-state index contributed by atoms with van der Waals surface area (Å²) in [5.74, 6) is -0.425. The van der Waals surface area contributed by atoms with Crippen molar-refractivity contribution < 1.29 is 19.1 Å². The summed E-state index contributed by atoms with van der Waals surface area (Å²) in [6.45, 7) is 7.02. The zero-order valence-electron chi connectivity index (χ0n) is 17.6. The monoisotopic (exact) mass is 472 g/mol. The van der Waals surface area contributed by atoms with E-state index in [2.05, 4.69) is 28.1 Å². The smallest absolute Gasteiger partial charge is 0.410 e. The Hall–Kier alpha value is -2.67. The maximum absolute atomic E-state index is 12.0. The van der Waals surface area contributed by atoms with E-state index in [4.69, 9.17) is 4.74 Å². The molecule has 0 aliphatic carbocycles. The normalized spacial score (nSPS) is 15.2. The first-order valence-electron chi connectivity index (χ1n) is 9.73. The molecule has 0 unspecified atom stereocenters. The molecule has 0 saturated heterocycles. The van der Waals surface area contributed by atoms with Gasteiger partial charge < -0.3 is 9.64 Å². The van der Waals surface area contributed by atoms with Crippen LogP contribution in [0, 0.1) is 0 Å². The molecule has 0 fully saturated rings. The molecule has 2 aliphatic heterocycles. The Labute approximate surface area is 184 Å². The largest absolute Gasteiger partial charge is 0.444 e. The number of benzene rings is 2. The quantitative estimate of drug-likeness (QED) is 0.523. The van der Waals surface area contributed by atoms with E-state index in [0.717, 1.165) is 22.3 Å². The van der Waals surface area contributed by atoms with Gasteiger partial charge in [0.05, 0.1) is 11.1 Å². The van der Waals surface area contributed by atoms with Crippen molar-refractivity contribution >= 4 is 33.8 Å². The third kappa shape index (κ3) is 4.90. The van der Waals surface area contributed by atoms with Gasteiger partial charge >= 0.3 is 6.09 Å². The van der Waals surface area contributed by atoms with Gasteiger partial charge in [-0.15, -0.1) is 0 Å². The molecule has 0 atom stereocenters. The first kappa shape index (κ1) is 22.0. The SMILES string of the molecule is CC(C)(C)OC(=O)N1CCc2cc(Br)ccc2C1.CN1C(=O)c2ccccc2C1=O. The second-order valence-corrected chi connectivity index (χ2v) is 9.20. The van der Waals surface area contributed by atoms with Crippen LogP contribution in [0.5, 0.6) is 0 Å². The molecule has 0 radical (unpaired) electrons. The fraction of sp³-hybridized carbons (Fsp3) is 0.348. The molecule has 2 aromatic rings. The molecule has 4 rings (SSSR count). The molecular formula is C23H25BrN2O4. The second-order valence-electron chi connectivity index (χ2n) is 8.28. The molecular weight excluding hydrogens is 448 g/mol. The van der Waals surface area contributed by atoms with E-state index in [0.29, 0.717) is 17.7 Å². The second kappa shape index (κ2) is 8.60. The lowest BCUT2D eigenvalue weighted by molar-refractivity contribution is 0.0223. The van der Waals surface area contributed by atoms with Gasteiger partial charge in [-0.2, -0.15) is 0 Å². The molecule has 0 saturated carbocycles. The Morgan fingerprint density at radius 1 is 1.00 bits per heavy atom. The van der Waals surface area contributed by atoms with Crippen molar-refractivity contribution in [3.63, 3.8) is 0 Å². The fourth-order valence-electron chi connectivity index (χ4n) is 3.31. The highest BCUT2D eigenvalue weighted by atomic mass is 79.9. The summed E-state index contributed by atoms with van der Waals surface area (Å²) in [6, 6.07) is 13.0. The molecule has 30 heavy (non-hydrogen) atoms. The summed E-state index contributed by atoms with van der Waals surface area (Å²) in [6.07, 6.45) is 0.657. The van der Waals surface area contributed by atoms with E-state index in [1.807, 2.05) is 26.8 Å². The lowest BCUT2D eigenvalue weighted by Crippen LogP contribution is -2.39. The average Bonchev–Trinajstić information content (AvgIpc) is 2.91. The predicted molar refractivity (Wildman–Crippen MR) is 117 cm³/mol. The van der Waals surface area contributed by atoms with Gasteiger partial charge in [0.15, 0.2) is 0 Å². The van der Waals surface area contributed by atoms with Crippen molar-refractivity contribution in [1.82, 2.24) is 9.80 Å². The maximum Gasteiger partial charge on any atom is 0.410 e. The standard InChI is InChI=1S/C14H18BrNO2.C9H7NO2/c1-14(2,3)18-13(17)16-7-6-10-8-12(15)5-4-11(10)9-16;1-10-8(11)6-4-2-3-5-7(6)9(10)12/h4-5,8H,6-7,9H2,1-3H3;2-5H,1H3. The zero-order chi connectivity index (χ0) is 22.1. The number of nitrogens with zero attached hydrogens (tertiary/aromatic N) is 2. The minimum absolute atomic E-state index is 0.212. The van der Waals surface area contributed by atoms with E-state index in [-0.39, 0.29) is 17.9 Å². The van der Waals surface area contributed by atoms with Crippen LogP contribution in [-0.4, -0.2) is 46.9 Å². The molecule has 2 heterocycles. The molecule has 0 spiro atoms. The highest BCUT2D eigenvalue weighted by Gasteiger charge is 2.31. The Morgan fingerprint density at radius 3 is 2.17 bits per heavy atom. The Morgan fingerprint density at radius 2 is 1.60 bits per heavy atom. The number of rotatable bonds is 0. The van der Waals surface area contributed by atoms with Crippen LogP contribution in [-0.2, 0) is 17.7 Å². The van der Waals surface area contributed by atoms with Crippen molar-refractivity contribution in [3.8, 4) is 0 Å². The molecule has 0 aromatic heterocycles. The van der Waals surface area contributed by atoms with E-state index in [1.165, 1.54) is 18.2 Å². The Balaban J connectivity index is 0.000000184. The first-order chi connectivity index (χ1) is 14.1. The van der Waals surface area contributed by atoms with E-state index in [9.17, 15) is 14.4 Å². The summed E-state index contributed by atoms with van der Waals surface area (Å²) >= 11 is 3.47. The van der Waals surface area contributed by atoms with Gasteiger partial charge in [-0.1, -0.05) is 34.1 Å². The van der Waals surface area contributed by atoms with Gasteiger partial charge in [0.25, 0.3) is 11.8 Å². The van der Waals surface area contributed by atoms with E-state index in [1.54, 1.807) is 29.2 Å². The van der Waals surface area contributed by atoms with Crippen molar-refractivity contribution in [1.29, 1.82) is 0 Å². The van der Waals surface area contributed by atoms with Gasteiger partial charge in [0.1, 0.15) is 5.60 Å². The third-order valence-corrected chi connectivity index (χ3v) is 5.32. The van der Waals surface area contributed by atoms with Crippen LogP contribution in [0.1, 0.15) is 52.6 Å². The number of carbonyl (C=O) groups is 3. The molecule has 2 aromatic carbocycles. The van der Waals surface area contributed by atoms with Crippen LogP contribution in [0.3, 0.4) is 0 Å². The summed E-state index contributed by atoms with van der Waals surface area (Å²) in [7, 11) is 1.49. The van der Waals surface area contributed by atoms with Crippen LogP contribution in [0.4, 0.5) is 4.79 Å². The van der Waals surface area contributed by atoms with Crippen LogP contribution in [0.2, 0.25) is 0 Å². The summed E-state index contributed by atoms with van der Waals surface area (Å²) in [5, 5.41) is 0. The number of amides is 3. The number of hydrogen-bond donors (Lipinski definition) is 0. The minimum Gasteiger partial charge on any atom is -0.444 e. The van der Waals surface area contributed by atoms with Crippen molar-refractivity contribution in [2.45, 2.75) is 39.3 Å². The molecule has 3 amide bonds. The molecule has 7 heteroatoms. The van der Waals surface area contributed by atoms with Crippen molar-refractivity contribution in [2.24, 2.45) is 0 Å². The maximum atomic E-state index is 12.0. The van der Waals surface area contributed by atoms with Crippen LogP contribution < -0.4 is 0 Å².